The molecule has 0 heterocycles. The second-order valence-corrected chi connectivity index (χ2v) is 7.72. The molecule has 0 amide bonds. The van der Waals surface area contributed by atoms with Crippen LogP contribution >= 0.6 is 0 Å². The third-order valence-electron chi connectivity index (χ3n) is 5.98. The molecule has 1 radical (unpaired) electrons. The van der Waals surface area contributed by atoms with Gasteiger partial charge in [-0.2, -0.15) is 30.3 Å². The van der Waals surface area contributed by atoms with E-state index in [4.69, 9.17) is 0 Å². The predicted molar refractivity (Wildman–Crippen MR) is 140 cm³/mol. The van der Waals surface area contributed by atoms with Gasteiger partial charge in [0.1, 0.15) is 0 Å². The summed E-state index contributed by atoms with van der Waals surface area (Å²) in [6, 6.07) is 44.4. The third kappa shape index (κ3) is 4.39. The zero-order chi connectivity index (χ0) is 21.9. The zero-order valence-corrected chi connectivity index (χ0v) is 21.9. The van der Waals surface area contributed by atoms with E-state index in [-0.39, 0.29) is 32.7 Å². The van der Waals surface area contributed by atoms with Crippen molar-refractivity contribution < 1.29 is 32.7 Å². The van der Waals surface area contributed by atoms with Crippen molar-refractivity contribution in [3.8, 4) is 22.3 Å². The topological polar surface area (TPSA) is 0 Å². The van der Waals surface area contributed by atoms with Gasteiger partial charge in [-0.15, -0.1) is 5.56 Å². The quantitative estimate of drug-likeness (QED) is 0.165. The van der Waals surface area contributed by atoms with Crippen molar-refractivity contribution in [2.45, 2.75) is 13.8 Å². The Balaban J connectivity index is 0.000000842. The molecule has 6 rings (SSSR count). The maximum absolute atomic E-state index is 3.18. The smallest absolute Gasteiger partial charge is 0 e. The summed E-state index contributed by atoms with van der Waals surface area (Å²) < 4.78 is 0. The first-order chi connectivity index (χ1) is 15.9. The molecule has 0 N–H and O–H groups in total. The van der Waals surface area contributed by atoms with Gasteiger partial charge in [-0.3, -0.25) is 0 Å². The molecule has 0 aliphatic heterocycles. The molecule has 0 nitrogen and oxygen atoms in total. The monoisotopic (exact) mass is 498 g/mol. The summed E-state index contributed by atoms with van der Waals surface area (Å²) in [6.07, 6.45) is 0. The minimum absolute atomic E-state index is 0. The van der Waals surface area contributed by atoms with Crippen LogP contribution in [-0.2, 0) is 32.7 Å². The van der Waals surface area contributed by atoms with Gasteiger partial charge < -0.3 is 0 Å². The van der Waals surface area contributed by atoms with E-state index in [1.165, 1.54) is 54.6 Å². The van der Waals surface area contributed by atoms with Crippen LogP contribution in [0.4, 0.5) is 0 Å². The van der Waals surface area contributed by atoms with E-state index in [1.54, 1.807) is 0 Å². The Hall–Kier alpha value is -2.80. The fourth-order valence-corrected chi connectivity index (χ4v) is 4.54. The van der Waals surface area contributed by atoms with Gasteiger partial charge in [-0.25, -0.2) is 0 Å². The summed E-state index contributed by atoms with van der Waals surface area (Å²) in [5, 5.41) is 7.86. The zero-order valence-electron chi connectivity index (χ0n) is 19.0. The van der Waals surface area contributed by atoms with Gasteiger partial charge in [0, 0.05) is 32.7 Å². The number of hydrogen-bond acceptors (Lipinski definition) is 0. The van der Waals surface area contributed by atoms with Crippen molar-refractivity contribution in [3.63, 3.8) is 0 Å². The third-order valence-corrected chi connectivity index (χ3v) is 5.98. The van der Waals surface area contributed by atoms with E-state index < -0.39 is 0 Å². The van der Waals surface area contributed by atoms with Gasteiger partial charge >= 0.3 is 0 Å². The first-order valence-electron chi connectivity index (χ1n) is 11.3. The molecule has 0 atom stereocenters. The summed E-state index contributed by atoms with van der Waals surface area (Å²) in [6.45, 7) is 4.00. The molecule has 0 saturated heterocycles. The number of rotatable bonds is 2. The molecule has 6 aromatic rings. The van der Waals surface area contributed by atoms with Gasteiger partial charge in [0.25, 0.3) is 0 Å². The summed E-state index contributed by atoms with van der Waals surface area (Å²) in [5.41, 5.74) is 4.88. The fourth-order valence-electron chi connectivity index (χ4n) is 4.54. The van der Waals surface area contributed by atoms with E-state index in [0.29, 0.717) is 0 Å². The Kier molecular flexibility index (Phi) is 7.38. The van der Waals surface area contributed by atoms with Crippen LogP contribution in [-0.4, -0.2) is 0 Å². The summed E-state index contributed by atoms with van der Waals surface area (Å²) >= 11 is 0. The standard InChI is InChI=1S/C30H19.C2H6.Y/c1-2-9-21(10-3-1)22-11-8-12-23(19-22)24-17-18-29-27-15-5-4-13-25(27)26-14-6-7-16-28(26)30(29)20-24;1-2;/h1-2,4-20H;1-2H3;/q-1;;. The Morgan fingerprint density at radius 2 is 0.909 bits per heavy atom. The van der Waals surface area contributed by atoms with Crippen LogP contribution in [0.1, 0.15) is 13.8 Å². The molecule has 0 aliphatic carbocycles. The van der Waals surface area contributed by atoms with Gasteiger partial charge in [0.15, 0.2) is 0 Å². The average Bonchev–Trinajstić information content (AvgIpc) is 2.90. The molecule has 1 heteroatoms. The van der Waals surface area contributed by atoms with Crippen molar-refractivity contribution in [1.82, 2.24) is 0 Å². The maximum atomic E-state index is 3.18. The molecule has 0 unspecified atom stereocenters. The molecule has 33 heavy (non-hydrogen) atoms. The predicted octanol–water partition coefficient (Wildman–Crippen LogP) is 9.30. The molecule has 0 fully saturated rings. The van der Waals surface area contributed by atoms with Crippen LogP contribution in [0.5, 0.6) is 0 Å². The van der Waals surface area contributed by atoms with Crippen molar-refractivity contribution in [2.24, 2.45) is 0 Å². The molecule has 0 spiro atoms. The van der Waals surface area contributed by atoms with E-state index in [9.17, 15) is 0 Å². The second-order valence-electron chi connectivity index (χ2n) is 7.72. The van der Waals surface area contributed by atoms with Crippen LogP contribution in [0.25, 0.3) is 54.6 Å². The van der Waals surface area contributed by atoms with Gasteiger partial charge in [-0.05, 0) is 49.5 Å². The molecular formula is C32H25Y-. The van der Waals surface area contributed by atoms with E-state index in [0.717, 1.165) is 0 Å². The van der Waals surface area contributed by atoms with Crippen LogP contribution in [0, 0.1) is 6.07 Å². The maximum Gasteiger partial charge on any atom is 0 e. The van der Waals surface area contributed by atoms with Crippen molar-refractivity contribution in [1.29, 1.82) is 0 Å². The van der Waals surface area contributed by atoms with Gasteiger partial charge in [-0.1, -0.05) is 104 Å². The first-order valence-corrected chi connectivity index (χ1v) is 11.3. The van der Waals surface area contributed by atoms with Crippen molar-refractivity contribution in [3.05, 3.63) is 121 Å². The number of fused-ring (bicyclic) bond motifs is 6. The van der Waals surface area contributed by atoms with Crippen LogP contribution in [0.2, 0.25) is 0 Å². The minimum Gasteiger partial charge on any atom is -0.183 e. The van der Waals surface area contributed by atoms with Gasteiger partial charge in [0.05, 0.1) is 0 Å². The van der Waals surface area contributed by atoms with Crippen LogP contribution < -0.4 is 0 Å². The SMILES string of the molecule is CC.[Y].[c-]1cccc(-c2cccc(-c3ccc4c5ccccc5c5ccccc5c4c3)c2)c1. The fraction of sp³-hybridized carbons (Fsp3) is 0.0625. The Bertz CT molecular complexity index is 1500. The molecule has 0 saturated carbocycles. The van der Waals surface area contributed by atoms with Crippen molar-refractivity contribution in [2.75, 3.05) is 0 Å². The Morgan fingerprint density at radius 1 is 0.424 bits per heavy atom. The first kappa shape index (κ1) is 23.4. The van der Waals surface area contributed by atoms with E-state index in [1.807, 2.05) is 32.0 Å². The van der Waals surface area contributed by atoms with Gasteiger partial charge in [0.2, 0.25) is 0 Å². The normalized spacial score (nSPS) is 10.5. The molecule has 6 aromatic carbocycles. The average molecular weight is 498 g/mol. The largest absolute Gasteiger partial charge is 0.183 e. The molecule has 0 bridgehead atoms. The minimum atomic E-state index is 0. The van der Waals surface area contributed by atoms with Crippen LogP contribution in [0.15, 0.2) is 115 Å². The molecule has 0 aliphatic rings. The number of benzene rings is 6. The van der Waals surface area contributed by atoms with E-state index >= 15 is 0 Å². The molecular weight excluding hydrogens is 473 g/mol. The summed E-state index contributed by atoms with van der Waals surface area (Å²) in [5.74, 6) is 0. The van der Waals surface area contributed by atoms with Crippen molar-refractivity contribution >= 4 is 32.3 Å². The van der Waals surface area contributed by atoms with E-state index in [2.05, 4.69) is 103 Å². The second kappa shape index (κ2) is 10.4. The number of hydrogen-bond donors (Lipinski definition) is 0. The Morgan fingerprint density at radius 3 is 1.48 bits per heavy atom. The summed E-state index contributed by atoms with van der Waals surface area (Å²) in [7, 11) is 0. The van der Waals surface area contributed by atoms with Crippen LogP contribution in [0.3, 0.4) is 0 Å². The Labute approximate surface area is 221 Å². The molecule has 157 valence electrons. The summed E-state index contributed by atoms with van der Waals surface area (Å²) in [4.78, 5) is 0. The molecule has 0 aromatic heterocycles.